The largest absolute Gasteiger partial charge is 0.322 e. The number of aryl methyl sites for hydroxylation is 1. The number of alkyl halides is 1. The van der Waals surface area contributed by atoms with E-state index in [1.807, 2.05) is 18.2 Å². The highest BCUT2D eigenvalue weighted by atomic mass is 35.5. The third-order valence-corrected chi connectivity index (χ3v) is 3.59. The number of rotatable bonds is 3. The molecule has 0 aliphatic heterocycles. The smallest absolute Gasteiger partial charge is 0.125 e. The lowest BCUT2D eigenvalue weighted by molar-refractivity contribution is 0.777. The van der Waals surface area contributed by atoms with Gasteiger partial charge in [-0.15, -0.1) is 11.6 Å². The van der Waals surface area contributed by atoms with Gasteiger partial charge in [-0.2, -0.15) is 0 Å². The third-order valence-electron chi connectivity index (χ3n) is 3.35. The first-order chi connectivity index (χ1) is 9.29. The van der Waals surface area contributed by atoms with E-state index in [4.69, 9.17) is 11.6 Å². The van der Waals surface area contributed by atoms with Crippen LogP contribution < -0.4 is 0 Å². The van der Waals surface area contributed by atoms with Gasteiger partial charge in [-0.1, -0.05) is 42.5 Å². The Bertz CT molecular complexity index is 701. The van der Waals surface area contributed by atoms with Crippen LogP contribution in [0.2, 0.25) is 0 Å². The Morgan fingerprint density at radius 3 is 2.58 bits per heavy atom. The maximum atomic E-state index is 6.04. The Labute approximate surface area is 117 Å². The molecule has 0 aliphatic carbocycles. The van der Waals surface area contributed by atoms with E-state index in [1.165, 1.54) is 16.6 Å². The third kappa shape index (κ3) is 2.24. The molecular weight excluding hydrogens is 256 g/mol. The second kappa shape index (κ2) is 5.06. The average molecular weight is 271 g/mol. The van der Waals surface area contributed by atoms with E-state index in [0.29, 0.717) is 5.88 Å². The van der Waals surface area contributed by atoms with Gasteiger partial charge in [0.05, 0.1) is 16.9 Å². The van der Waals surface area contributed by atoms with Crippen LogP contribution in [0.4, 0.5) is 0 Å². The number of fused-ring (bicyclic) bond motifs is 1. The van der Waals surface area contributed by atoms with Crippen molar-refractivity contribution >= 4 is 22.6 Å². The molecule has 0 unspecified atom stereocenters. The Morgan fingerprint density at radius 2 is 1.84 bits per heavy atom. The van der Waals surface area contributed by atoms with Crippen LogP contribution in [0, 0.1) is 6.92 Å². The van der Waals surface area contributed by atoms with Gasteiger partial charge in [0.2, 0.25) is 0 Å². The molecule has 0 amide bonds. The molecule has 3 heteroatoms. The minimum atomic E-state index is 0.432. The van der Waals surface area contributed by atoms with Crippen LogP contribution in [-0.2, 0) is 12.4 Å². The predicted molar refractivity (Wildman–Crippen MR) is 79.6 cm³/mol. The number of imidazole rings is 1. The van der Waals surface area contributed by atoms with Gasteiger partial charge >= 0.3 is 0 Å². The summed E-state index contributed by atoms with van der Waals surface area (Å²) in [5, 5.41) is 0. The first-order valence-electron chi connectivity index (χ1n) is 6.34. The van der Waals surface area contributed by atoms with E-state index < -0.39 is 0 Å². The van der Waals surface area contributed by atoms with Gasteiger partial charge in [0, 0.05) is 6.54 Å². The monoisotopic (exact) mass is 270 g/mol. The van der Waals surface area contributed by atoms with Crippen molar-refractivity contribution in [1.82, 2.24) is 9.55 Å². The lowest BCUT2D eigenvalue weighted by Gasteiger charge is -2.09. The Hall–Kier alpha value is -1.80. The summed E-state index contributed by atoms with van der Waals surface area (Å²) >= 11 is 6.04. The zero-order valence-electron chi connectivity index (χ0n) is 10.8. The number of hydrogen-bond acceptors (Lipinski definition) is 1. The Morgan fingerprint density at radius 1 is 1.05 bits per heavy atom. The number of benzene rings is 2. The summed E-state index contributed by atoms with van der Waals surface area (Å²) in [4.78, 5) is 4.62. The lowest BCUT2D eigenvalue weighted by Crippen LogP contribution is -2.04. The number of halogens is 1. The summed E-state index contributed by atoms with van der Waals surface area (Å²) < 4.78 is 2.22. The first kappa shape index (κ1) is 12.2. The molecule has 1 heterocycles. The van der Waals surface area contributed by atoms with Crippen molar-refractivity contribution in [2.45, 2.75) is 19.3 Å². The van der Waals surface area contributed by atoms with Crippen LogP contribution in [0.1, 0.15) is 17.0 Å². The fourth-order valence-electron chi connectivity index (χ4n) is 2.45. The number of para-hydroxylation sites is 1. The highest BCUT2D eigenvalue weighted by molar-refractivity contribution is 6.16. The normalized spacial score (nSPS) is 11.1. The highest BCUT2D eigenvalue weighted by Crippen LogP contribution is 2.22. The fraction of sp³-hybridized carbons (Fsp3) is 0.188. The van der Waals surface area contributed by atoms with E-state index in [2.05, 4.69) is 46.8 Å². The Kier molecular flexibility index (Phi) is 3.26. The number of nitrogens with zero attached hydrogens (tertiary/aromatic N) is 2. The van der Waals surface area contributed by atoms with Gasteiger partial charge in [0.25, 0.3) is 0 Å². The van der Waals surface area contributed by atoms with Crippen molar-refractivity contribution in [2.75, 3.05) is 0 Å². The second-order valence-corrected chi connectivity index (χ2v) is 4.94. The van der Waals surface area contributed by atoms with Gasteiger partial charge in [-0.05, 0) is 24.1 Å². The lowest BCUT2D eigenvalue weighted by atomic mass is 10.2. The molecule has 0 fully saturated rings. The van der Waals surface area contributed by atoms with Crippen LogP contribution in [0.25, 0.3) is 11.0 Å². The minimum absolute atomic E-state index is 0.432. The molecule has 0 radical (unpaired) electrons. The fourth-order valence-corrected chi connectivity index (χ4v) is 2.66. The maximum absolute atomic E-state index is 6.04. The molecule has 19 heavy (non-hydrogen) atoms. The molecule has 96 valence electrons. The van der Waals surface area contributed by atoms with Crippen LogP contribution in [0.15, 0.2) is 48.5 Å². The predicted octanol–water partition coefficient (Wildman–Crippen LogP) is 4.13. The Balaban J connectivity index is 2.16. The summed E-state index contributed by atoms with van der Waals surface area (Å²) in [6, 6.07) is 16.6. The molecule has 0 aliphatic rings. The van der Waals surface area contributed by atoms with Crippen LogP contribution in [0.5, 0.6) is 0 Å². The first-order valence-corrected chi connectivity index (χ1v) is 6.87. The van der Waals surface area contributed by atoms with Crippen molar-refractivity contribution in [2.24, 2.45) is 0 Å². The van der Waals surface area contributed by atoms with Gasteiger partial charge in [0.1, 0.15) is 5.82 Å². The van der Waals surface area contributed by atoms with E-state index >= 15 is 0 Å². The van der Waals surface area contributed by atoms with E-state index in [-0.39, 0.29) is 0 Å². The zero-order chi connectivity index (χ0) is 13.2. The summed E-state index contributed by atoms with van der Waals surface area (Å²) in [6.07, 6.45) is 0. The van der Waals surface area contributed by atoms with Gasteiger partial charge < -0.3 is 4.57 Å². The van der Waals surface area contributed by atoms with E-state index in [9.17, 15) is 0 Å². The molecule has 0 spiro atoms. The van der Waals surface area contributed by atoms with Gasteiger partial charge in [0.15, 0.2) is 0 Å². The number of aromatic nitrogens is 2. The van der Waals surface area contributed by atoms with E-state index in [1.54, 1.807) is 0 Å². The zero-order valence-corrected chi connectivity index (χ0v) is 11.6. The standard InChI is InChI=1S/C16H15ClN2/c1-12-6-5-9-14-16(12)19(15(10-17)18-14)11-13-7-3-2-4-8-13/h2-9H,10-11H2,1H3. The molecule has 0 atom stereocenters. The van der Waals surface area contributed by atoms with Crippen molar-refractivity contribution < 1.29 is 0 Å². The topological polar surface area (TPSA) is 17.8 Å². The molecule has 3 aromatic rings. The summed E-state index contributed by atoms with van der Waals surface area (Å²) in [7, 11) is 0. The molecule has 2 nitrogen and oxygen atoms in total. The molecule has 2 aromatic carbocycles. The summed E-state index contributed by atoms with van der Waals surface area (Å²) in [6.45, 7) is 2.92. The summed E-state index contributed by atoms with van der Waals surface area (Å²) in [5.74, 6) is 1.36. The molecule has 0 bridgehead atoms. The van der Waals surface area contributed by atoms with Crippen molar-refractivity contribution in [3.63, 3.8) is 0 Å². The van der Waals surface area contributed by atoms with Gasteiger partial charge in [-0.25, -0.2) is 4.98 Å². The average Bonchev–Trinajstić information content (AvgIpc) is 2.79. The van der Waals surface area contributed by atoms with Crippen LogP contribution >= 0.6 is 11.6 Å². The molecule has 0 N–H and O–H groups in total. The van der Waals surface area contributed by atoms with E-state index in [0.717, 1.165) is 17.9 Å². The van der Waals surface area contributed by atoms with Crippen LogP contribution in [0.3, 0.4) is 0 Å². The molecule has 1 aromatic heterocycles. The molecule has 3 rings (SSSR count). The maximum Gasteiger partial charge on any atom is 0.125 e. The second-order valence-electron chi connectivity index (χ2n) is 4.68. The van der Waals surface area contributed by atoms with Gasteiger partial charge in [-0.3, -0.25) is 0 Å². The minimum Gasteiger partial charge on any atom is -0.322 e. The quantitative estimate of drug-likeness (QED) is 0.654. The van der Waals surface area contributed by atoms with Crippen molar-refractivity contribution in [3.05, 3.63) is 65.5 Å². The van der Waals surface area contributed by atoms with Crippen molar-refractivity contribution in [1.29, 1.82) is 0 Å². The SMILES string of the molecule is Cc1cccc2nc(CCl)n(Cc3ccccc3)c12. The highest BCUT2D eigenvalue weighted by Gasteiger charge is 2.11. The summed E-state index contributed by atoms with van der Waals surface area (Å²) in [5.41, 5.74) is 4.70. The molecule has 0 saturated carbocycles. The molecule has 0 saturated heterocycles. The van der Waals surface area contributed by atoms with Crippen molar-refractivity contribution in [3.8, 4) is 0 Å². The molecular formula is C16H15ClN2. The number of hydrogen-bond donors (Lipinski definition) is 0. The van der Waals surface area contributed by atoms with Crippen LogP contribution in [-0.4, -0.2) is 9.55 Å².